The van der Waals surface area contributed by atoms with Crippen LogP contribution in [0.5, 0.6) is 0 Å². The normalized spacial score (nSPS) is 38.9. The van der Waals surface area contributed by atoms with Crippen molar-refractivity contribution in [1.82, 2.24) is 0 Å². The number of fused-ring (bicyclic) bond motifs is 5. The zero-order valence-electron chi connectivity index (χ0n) is 25.7. The second-order valence-corrected chi connectivity index (χ2v) is 17.1. The molecular weight excluding hydrogens is 606 g/mol. The molecule has 11 heteroatoms. The van der Waals surface area contributed by atoms with Crippen LogP contribution in [0.3, 0.4) is 0 Å². The van der Waals surface area contributed by atoms with Gasteiger partial charge in [0.1, 0.15) is 0 Å². The molecule has 0 saturated heterocycles. The zero-order valence-corrected chi connectivity index (χ0v) is 26.5. The maximum Gasteiger partial charge on any atom is 0.417 e. The number of rotatable bonds is 6. The van der Waals surface area contributed by atoms with Gasteiger partial charge in [-0.25, -0.2) is 8.42 Å². The highest BCUT2D eigenvalue weighted by molar-refractivity contribution is 7.92. The molecule has 4 nitrogen and oxygen atoms in total. The van der Waals surface area contributed by atoms with Crippen molar-refractivity contribution in [3.05, 3.63) is 42.0 Å². The lowest BCUT2D eigenvalue weighted by Gasteiger charge is -2.59. The molecule has 4 aliphatic carbocycles. The Morgan fingerprint density at radius 3 is 2.18 bits per heavy atom. The standard InChI is InChI=1S/C33H44F6O4S/c1-20(27(19-30(4,40)32(34,35)36)44(42,43)22-8-6-5-7-9-22)24-12-13-25-23-11-10-21-18-31(41,33(37,38)39)17-16-28(21,2)26(23)14-15-29(24,25)3/h5-10,20,23-27,40-41H,11-19H2,1-4H3/t20-,23-,24+,25-,26?,27?,28-,29+,30-,31-/m0/s1. The molecule has 3 saturated carbocycles. The number of benzene rings is 1. The molecule has 44 heavy (non-hydrogen) atoms. The fraction of sp³-hybridized carbons (Fsp3) is 0.758. The second kappa shape index (κ2) is 10.7. The third-order valence-electron chi connectivity index (χ3n) is 12.7. The van der Waals surface area contributed by atoms with Gasteiger partial charge in [-0.2, -0.15) is 26.3 Å². The van der Waals surface area contributed by atoms with E-state index in [2.05, 4.69) is 6.92 Å². The SMILES string of the molecule is C[C@H](C(C[C@](C)(O)C(F)(F)F)S(=O)(=O)c1ccccc1)[C@H]1CC[C@H]2[C@@H]3CC=C4C[C@](O)(C(F)(F)F)CC[C@]4(C)C3CC[C@]12C. The van der Waals surface area contributed by atoms with E-state index in [0.717, 1.165) is 12.8 Å². The smallest absolute Gasteiger partial charge is 0.381 e. The van der Waals surface area contributed by atoms with Gasteiger partial charge in [-0.3, -0.25) is 0 Å². The van der Waals surface area contributed by atoms with Gasteiger partial charge in [0.2, 0.25) is 0 Å². The van der Waals surface area contributed by atoms with Gasteiger partial charge >= 0.3 is 12.4 Å². The minimum absolute atomic E-state index is 0.0766. The summed E-state index contributed by atoms with van der Waals surface area (Å²) in [4.78, 5) is -0.0766. The van der Waals surface area contributed by atoms with Crippen LogP contribution in [0.2, 0.25) is 0 Å². The number of sulfone groups is 1. The van der Waals surface area contributed by atoms with E-state index < -0.39 is 62.8 Å². The summed E-state index contributed by atoms with van der Waals surface area (Å²) in [7, 11) is -4.25. The third-order valence-corrected chi connectivity index (χ3v) is 15.0. The summed E-state index contributed by atoms with van der Waals surface area (Å²) in [5, 5.41) is 19.5. The maximum absolute atomic E-state index is 14.0. The van der Waals surface area contributed by atoms with E-state index in [4.69, 9.17) is 0 Å². The minimum atomic E-state index is -5.02. The van der Waals surface area contributed by atoms with Crippen LogP contribution in [-0.2, 0) is 9.84 Å². The Labute approximate surface area is 256 Å². The monoisotopic (exact) mass is 650 g/mol. The number of hydrogen-bond donors (Lipinski definition) is 2. The summed E-state index contributed by atoms with van der Waals surface area (Å²) in [6, 6.07) is 7.43. The molecule has 248 valence electrons. The molecule has 4 aliphatic rings. The predicted molar refractivity (Wildman–Crippen MR) is 154 cm³/mol. The van der Waals surface area contributed by atoms with Crippen LogP contribution in [0.1, 0.15) is 85.5 Å². The molecule has 0 spiro atoms. The van der Waals surface area contributed by atoms with Crippen LogP contribution >= 0.6 is 0 Å². The van der Waals surface area contributed by atoms with Crippen molar-refractivity contribution in [3.63, 3.8) is 0 Å². The zero-order chi connectivity index (χ0) is 32.7. The van der Waals surface area contributed by atoms with Crippen molar-refractivity contribution >= 4 is 9.84 Å². The number of halogens is 6. The fourth-order valence-corrected chi connectivity index (χ4v) is 12.1. The molecule has 3 fully saturated rings. The predicted octanol–water partition coefficient (Wildman–Crippen LogP) is 8.04. The van der Waals surface area contributed by atoms with Crippen LogP contribution < -0.4 is 0 Å². The van der Waals surface area contributed by atoms with Gasteiger partial charge in [0, 0.05) is 12.8 Å². The lowest BCUT2D eigenvalue weighted by molar-refractivity contribution is -0.271. The highest BCUT2D eigenvalue weighted by atomic mass is 32.2. The molecule has 0 aromatic heterocycles. The average molecular weight is 651 g/mol. The first kappa shape index (κ1) is 33.8. The highest BCUT2D eigenvalue weighted by Gasteiger charge is 2.64. The van der Waals surface area contributed by atoms with Gasteiger partial charge in [0.15, 0.2) is 21.0 Å². The van der Waals surface area contributed by atoms with Gasteiger partial charge in [0.25, 0.3) is 0 Å². The van der Waals surface area contributed by atoms with Crippen molar-refractivity contribution < 1.29 is 45.0 Å². The molecule has 1 aromatic carbocycles. The Hall–Kier alpha value is -1.59. The number of aliphatic hydroxyl groups is 2. The van der Waals surface area contributed by atoms with E-state index in [1.807, 2.05) is 13.0 Å². The van der Waals surface area contributed by atoms with E-state index in [1.54, 1.807) is 13.0 Å². The van der Waals surface area contributed by atoms with Gasteiger partial charge in [0.05, 0.1) is 10.1 Å². The second-order valence-electron chi connectivity index (χ2n) is 14.9. The van der Waals surface area contributed by atoms with E-state index >= 15 is 0 Å². The van der Waals surface area contributed by atoms with E-state index in [9.17, 15) is 45.0 Å². The Balaban J connectivity index is 1.45. The topological polar surface area (TPSA) is 74.6 Å². The average Bonchev–Trinajstić information content (AvgIpc) is 3.28. The molecule has 2 N–H and O–H groups in total. The van der Waals surface area contributed by atoms with E-state index in [1.165, 1.54) is 24.3 Å². The summed E-state index contributed by atoms with van der Waals surface area (Å²) >= 11 is 0. The first-order valence-electron chi connectivity index (χ1n) is 15.7. The molecule has 0 bridgehead atoms. The summed E-state index contributed by atoms with van der Waals surface area (Å²) in [6.45, 7) is 6.47. The quantitative estimate of drug-likeness (QED) is 0.242. The Morgan fingerprint density at radius 2 is 1.59 bits per heavy atom. The molecule has 0 amide bonds. The van der Waals surface area contributed by atoms with Crippen LogP contribution in [0.4, 0.5) is 26.3 Å². The van der Waals surface area contributed by atoms with Crippen LogP contribution in [0.15, 0.2) is 46.9 Å². The largest absolute Gasteiger partial charge is 0.417 e. The van der Waals surface area contributed by atoms with E-state index in [-0.39, 0.29) is 46.8 Å². The fourth-order valence-electron chi connectivity index (χ4n) is 9.92. The van der Waals surface area contributed by atoms with Crippen molar-refractivity contribution in [3.8, 4) is 0 Å². The Bertz CT molecular complexity index is 1370. The van der Waals surface area contributed by atoms with Gasteiger partial charge in [-0.15, -0.1) is 0 Å². The first-order chi connectivity index (χ1) is 20.1. The van der Waals surface area contributed by atoms with Crippen molar-refractivity contribution in [2.24, 2.45) is 40.4 Å². The van der Waals surface area contributed by atoms with Crippen molar-refractivity contribution in [2.75, 3.05) is 0 Å². The molecule has 0 heterocycles. The van der Waals surface area contributed by atoms with Gasteiger partial charge in [-0.1, -0.05) is 50.6 Å². The summed E-state index contributed by atoms with van der Waals surface area (Å²) in [5.74, 6) is -0.514. The minimum Gasteiger partial charge on any atom is -0.381 e. The third kappa shape index (κ3) is 5.24. The molecular formula is C33H44F6O4S. The summed E-state index contributed by atoms with van der Waals surface area (Å²) in [5.41, 5.74) is -6.12. The Kier molecular flexibility index (Phi) is 8.23. The van der Waals surface area contributed by atoms with Crippen molar-refractivity contribution in [1.29, 1.82) is 0 Å². The van der Waals surface area contributed by atoms with Crippen LogP contribution in [-0.4, -0.2) is 47.4 Å². The number of alkyl halides is 6. The molecule has 1 aromatic rings. The number of hydrogen-bond acceptors (Lipinski definition) is 4. The van der Waals surface area contributed by atoms with Gasteiger partial charge in [-0.05, 0) is 104 Å². The lowest BCUT2D eigenvalue weighted by atomic mass is 9.46. The lowest BCUT2D eigenvalue weighted by Crippen LogP contribution is -2.56. The molecule has 5 rings (SSSR count). The highest BCUT2D eigenvalue weighted by Crippen LogP contribution is 2.68. The van der Waals surface area contributed by atoms with Crippen molar-refractivity contribution in [2.45, 2.75) is 119 Å². The molecule has 10 atom stereocenters. The molecule has 0 radical (unpaired) electrons. The first-order valence-corrected chi connectivity index (χ1v) is 17.2. The molecule has 2 unspecified atom stereocenters. The maximum atomic E-state index is 14.0. The number of allylic oxidation sites excluding steroid dienone is 1. The van der Waals surface area contributed by atoms with Crippen LogP contribution in [0.25, 0.3) is 0 Å². The summed E-state index contributed by atoms with van der Waals surface area (Å²) < 4.78 is 111. The molecule has 0 aliphatic heterocycles. The Morgan fingerprint density at radius 1 is 0.955 bits per heavy atom. The van der Waals surface area contributed by atoms with E-state index in [0.29, 0.717) is 31.8 Å². The van der Waals surface area contributed by atoms with Gasteiger partial charge < -0.3 is 10.2 Å². The van der Waals surface area contributed by atoms with Crippen LogP contribution in [0, 0.1) is 40.4 Å². The summed E-state index contributed by atoms with van der Waals surface area (Å²) in [6.07, 6.45) is -6.01.